The van der Waals surface area contributed by atoms with Crippen LogP contribution in [-0.2, 0) is 13.6 Å². The summed E-state index contributed by atoms with van der Waals surface area (Å²) in [6.07, 6.45) is 0. The highest BCUT2D eigenvalue weighted by Crippen LogP contribution is 2.25. The monoisotopic (exact) mass is 329 g/mol. The number of hydrogen-bond acceptors (Lipinski definition) is 2. The molecule has 0 aliphatic heterocycles. The molecular formula is C13H14BrF2N3. The van der Waals surface area contributed by atoms with E-state index in [2.05, 4.69) is 26.3 Å². The van der Waals surface area contributed by atoms with Crippen molar-refractivity contribution in [2.45, 2.75) is 20.4 Å². The third kappa shape index (κ3) is 2.63. The first kappa shape index (κ1) is 14.0. The number of nitrogens with one attached hydrogen (secondary N) is 1. The van der Waals surface area contributed by atoms with Gasteiger partial charge in [0.2, 0.25) is 0 Å². The van der Waals surface area contributed by atoms with Crippen LogP contribution in [0.1, 0.15) is 17.0 Å². The molecule has 0 bridgehead atoms. The average molecular weight is 330 g/mol. The van der Waals surface area contributed by atoms with E-state index in [0.29, 0.717) is 5.56 Å². The van der Waals surface area contributed by atoms with Gasteiger partial charge in [0, 0.05) is 7.05 Å². The van der Waals surface area contributed by atoms with Crippen LogP contribution in [0, 0.1) is 25.5 Å². The maximum Gasteiger partial charge on any atom is 0.152 e. The topological polar surface area (TPSA) is 29.9 Å². The summed E-state index contributed by atoms with van der Waals surface area (Å²) in [5.41, 5.74) is 1.97. The molecule has 1 heterocycles. The van der Waals surface area contributed by atoms with E-state index in [1.165, 1.54) is 12.1 Å². The van der Waals surface area contributed by atoms with E-state index in [4.69, 9.17) is 0 Å². The van der Waals surface area contributed by atoms with Gasteiger partial charge < -0.3 is 5.32 Å². The van der Waals surface area contributed by atoms with Crippen LogP contribution in [0.2, 0.25) is 0 Å². The Bertz CT molecular complexity index is 623. The molecule has 0 saturated heterocycles. The third-order valence-electron chi connectivity index (χ3n) is 2.98. The first-order valence-corrected chi connectivity index (χ1v) is 6.57. The van der Waals surface area contributed by atoms with Crippen molar-refractivity contribution in [1.82, 2.24) is 9.78 Å². The predicted octanol–water partition coefficient (Wildman–Crippen LogP) is 3.69. The Kier molecular flexibility index (Phi) is 3.89. The van der Waals surface area contributed by atoms with Gasteiger partial charge in [0.25, 0.3) is 0 Å². The van der Waals surface area contributed by atoms with Crippen molar-refractivity contribution in [3.63, 3.8) is 0 Å². The Balaban J connectivity index is 2.26. The van der Waals surface area contributed by atoms with Gasteiger partial charge in [-0.2, -0.15) is 5.10 Å². The van der Waals surface area contributed by atoms with Crippen molar-refractivity contribution in [1.29, 1.82) is 0 Å². The summed E-state index contributed by atoms with van der Waals surface area (Å²) >= 11 is 3.42. The van der Waals surface area contributed by atoms with Crippen LogP contribution in [0.4, 0.5) is 14.5 Å². The molecule has 0 unspecified atom stereocenters. The summed E-state index contributed by atoms with van der Waals surface area (Å²) in [5, 5.41) is 7.02. The fourth-order valence-corrected chi connectivity index (χ4v) is 2.34. The quantitative estimate of drug-likeness (QED) is 0.930. The van der Waals surface area contributed by atoms with Crippen LogP contribution in [0.3, 0.4) is 0 Å². The van der Waals surface area contributed by atoms with E-state index in [9.17, 15) is 8.78 Å². The highest BCUT2D eigenvalue weighted by molar-refractivity contribution is 9.10. The molecule has 1 aromatic carbocycles. The third-order valence-corrected chi connectivity index (χ3v) is 4.01. The van der Waals surface area contributed by atoms with Crippen molar-refractivity contribution in [2.75, 3.05) is 5.32 Å². The molecule has 0 saturated carbocycles. The molecule has 2 aromatic rings. The van der Waals surface area contributed by atoms with E-state index < -0.39 is 11.6 Å². The second-order valence-electron chi connectivity index (χ2n) is 4.38. The van der Waals surface area contributed by atoms with Gasteiger partial charge >= 0.3 is 0 Å². The molecule has 0 amide bonds. The average Bonchev–Trinajstić information content (AvgIpc) is 2.60. The number of benzene rings is 1. The van der Waals surface area contributed by atoms with Crippen molar-refractivity contribution in [3.05, 3.63) is 45.2 Å². The minimum atomic E-state index is -0.599. The highest BCUT2D eigenvalue weighted by atomic mass is 79.9. The van der Waals surface area contributed by atoms with Crippen LogP contribution in [-0.4, -0.2) is 9.78 Å². The Hall–Kier alpha value is -1.43. The van der Waals surface area contributed by atoms with E-state index in [1.807, 2.05) is 6.92 Å². The van der Waals surface area contributed by atoms with E-state index in [0.717, 1.165) is 15.9 Å². The van der Waals surface area contributed by atoms with Gasteiger partial charge in [-0.1, -0.05) is 6.07 Å². The molecule has 0 aliphatic rings. The van der Waals surface area contributed by atoms with Crippen molar-refractivity contribution in [3.8, 4) is 0 Å². The van der Waals surface area contributed by atoms with Gasteiger partial charge in [-0.05, 0) is 41.4 Å². The number of anilines is 1. The number of rotatable bonds is 3. The lowest BCUT2D eigenvalue weighted by atomic mass is 10.2. The highest BCUT2D eigenvalue weighted by Gasteiger charge is 2.14. The van der Waals surface area contributed by atoms with Crippen LogP contribution in [0.15, 0.2) is 16.6 Å². The van der Waals surface area contributed by atoms with Gasteiger partial charge in [-0.25, -0.2) is 8.78 Å². The zero-order valence-corrected chi connectivity index (χ0v) is 12.5. The minimum absolute atomic E-state index is 0.106. The molecule has 3 nitrogen and oxygen atoms in total. The Morgan fingerprint density at radius 2 is 2.00 bits per heavy atom. The van der Waals surface area contributed by atoms with Crippen LogP contribution < -0.4 is 5.32 Å². The summed E-state index contributed by atoms with van der Waals surface area (Å²) in [6, 6.07) is 2.67. The van der Waals surface area contributed by atoms with Gasteiger partial charge in [0.15, 0.2) is 5.82 Å². The van der Waals surface area contributed by atoms with E-state index in [-0.39, 0.29) is 12.2 Å². The number of halogens is 3. The van der Waals surface area contributed by atoms with Crippen molar-refractivity contribution >= 4 is 21.6 Å². The van der Waals surface area contributed by atoms with Crippen LogP contribution in [0.25, 0.3) is 0 Å². The lowest BCUT2D eigenvalue weighted by Gasteiger charge is -2.11. The second kappa shape index (κ2) is 5.28. The maximum absolute atomic E-state index is 13.8. The smallest absolute Gasteiger partial charge is 0.152 e. The van der Waals surface area contributed by atoms with Gasteiger partial charge in [-0.3, -0.25) is 4.68 Å². The fraction of sp³-hybridized carbons (Fsp3) is 0.308. The number of aryl methyl sites for hydroxylation is 3. The molecule has 1 N–H and O–H groups in total. The standard InChI is InChI=1S/C13H14BrF2N3/c1-7-4-5-9(15)13(12(7)16)17-6-10-11(14)8(2)18-19(10)3/h4-5,17H,6H2,1-3H3. The Morgan fingerprint density at radius 3 is 2.58 bits per heavy atom. The van der Waals surface area contributed by atoms with E-state index in [1.54, 1.807) is 18.7 Å². The van der Waals surface area contributed by atoms with Crippen LogP contribution >= 0.6 is 15.9 Å². The zero-order valence-electron chi connectivity index (χ0n) is 10.9. The SMILES string of the molecule is Cc1ccc(F)c(NCc2c(Br)c(C)nn2C)c1F. The summed E-state index contributed by atoms with van der Waals surface area (Å²) in [5.74, 6) is -1.16. The molecule has 2 rings (SSSR count). The number of nitrogens with zero attached hydrogens (tertiary/aromatic N) is 2. The molecule has 0 aliphatic carbocycles. The first-order valence-electron chi connectivity index (χ1n) is 5.78. The maximum atomic E-state index is 13.8. The van der Waals surface area contributed by atoms with Gasteiger partial charge in [0.1, 0.15) is 11.5 Å². The fourth-order valence-electron chi connectivity index (χ4n) is 1.86. The van der Waals surface area contributed by atoms with Crippen molar-refractivity contribution < 1.29 is 8.78 Å². The van der Waals surface area contributed by atoms with Gasteiger partial charge in [0.05, 0.1) is 22.4 Å². The number of aromatic nitrogens is 2. The molecule has 6 heteroatoms. The summed E-state index contributed by atoms with van der Waals surface area (Å²) in [4.78, 5) is 0. The first-order chi connectivity index (χ1) is 8.91. The predicted molar refractivity (Wildman–Crippen MR) is 74.1 cm³/mol. The molecule has 1 aromatic heterocycles. The van der Waals surface area contributed by atoms with Gasteiger partial charge in [-0.15, -0.1) is 0 Å². The molecule has 102 valence electrons. The molecule has 0 fully saturated rings. The molecule has 19 heavy (non-hydrogen) atoms. The summed E-state index contributed by atoms with van der Waals surface area (Å²) in [6.45, 7) is 3.75. The molecule has 0 radical (unpaired) electrons. The second-order valence-corrected chi connectivity index (χ2v) is 5.17. The normalized spacial score (nSPS) is 10.8. The van der Waals surface area contributed by atoms with Crippen molar-refractivity contribution in [2.24, 2.45) is 7.05 Å². The lowest BCUT2D eigenvalue weighted by Crippen LogP contribution is -2.09. The zero-order chi connectivity index (χ0) is 14.2. The number of hydrogen-bond donors (Lipinski definition) is 1. The Morgan fingerprint density at radius 1 is 1.32 bits per heavy atom. The minimum Gasteiger partial charge on any atom is -0.375 e. The van der Waals surface area contributed by atoms with E-state index >= 15 is 0 Å². The molecule has 0 spiro atoms. The summed E-state index contributed by atoms with van der Waals surface area (Å²) in [7, 11) is 1.79. The summed E-state index contributed by atoms with van der Waals surface area (Å²) < 4.78 is 30.0. The molecule has 0 atom stereocenters. The largest absolute Gasteiger partial charge is 0.375 e. The molecular weight excluding hydrogens is 316 g/mol. The Labute approximate surface area is 118 Å². The van der Waals surface area contributed by atoms with Crippen LogP contribution in [0.5, 0.6) is 0 Å². The lowest BCUT2D eigenvalue weighted by molar-refractivity contribution is 0.581.